The van der Waals surface area contributed by atoms with Gasteiger partial charge in [-0.1, -0.05) is 20.8 Å². The molecule has 6 heteroatoms. The number of nitro groups is 1. The highest BCUT2D eigenvalue weighted by Gasteiger charge is 2.18. The van der Waals surface area contributed by atoms with Gasteiger partial charge in [0.2, 0.25) is 0 Å². The summed E-state index contributed by atoms with van der Waals surface area (Å²) in [5, 5.41) is 10.7. The first-order chi connectivity index (χ1) is 7.79. The molecule has 17 heavy (non-hydrogen) atoms. The van der Waals surface area contributed by atoms with E-state index >= 15 is 0 Å². The van der Waals surface area contributed by atoms with Crippen molar-refractivity contribution in [1.82, 2.24) is 4.98 Å². The fraction of sp³-hybridized carbons (Fsp3) is 0.545. The Kier molecular flexibility index (Phi) is 3.88. The monoisotopic (exact) mass is 239 g/mol. The van der Waals surface area contributed by atoms with Crippen molar-refractivity contribution in [3.8, 4) is 5.88 Å². The summed E-state index contributed by atoms with van der Waals surface area (Å²) in [5.74, 6) is 0.195. The van der Waals surface area contributed by atoms with Crippen LogP contribution in [0.1, 0.15) is 27.2 Å². The van der Waals surface area contributed by atoms with E-state index in [4.69, 9.17) is 10.5 Å². The minimum Gasteiger partial charge on any atom is -0.473 e. The number of ether oxygens (including phenoxy) is 1. The number of anilines is 1. The van der Waals surface area contributed by atoms with Gasteiger partial charge in [0.05, 0.1) is 11.5 Å². The van der Waals surface area contributed by atoms with Crippen LogP contribution in [0.3, 0.4) is 0 Å². The lowest BCUT2D eigenvalue weighted by molar-refractivity contribution is -0.386. The zero-order valence-corrected chi connectivity index (χ0v) is 10.3. The standard InChI is InChI=1S/C11H17N3O3/c1-11(2,3)6-7-17-10-8(14(15)16)4-5-9(12)13-10/h4-5H,6-7H2,1-3H3,(H2,12,13). The molecule has 0 amide bonds. The predicted octanol–water partition coefficient (Wildman–Crippen LogP) is 2.39. The number of nitrogen functional groups attached to an aromatic ring is 1. The number of aromatic nitrogens is 1. The minimum atomic E-state index is -0.529. The summed E-state index contributed by atoms with van der Waals surface area (Å²) in [6, 6.07) is 2.68. The van der Waals surface area contributed by atoms with Crippen LogP contribution >= 0.6 is 0 Å². The third-order valence-electron chi connectivity index (χ3n) is 2.15. The van der Waals surface area contributed by atoms with Crippen LogP contribution < -0.4 is 10.5 Å². The lowest BCUT2D eigenvalue weighted by atomic mass is 9.93. The van der Waals surface area contributed by atoms with Gasteiger partial charge in [0.15, 0.2) is 0 Å². The Bertz CT molecular complexity index is 413. The van der Waals surface area contributed by atoms with Crippen LogP contribution in [0.25, 0.3) is 0 Å². The average molecular weight is 239 g/mol. The van der Waals surface area contributed by atoms with E-state index in [9.17, 15) is 10.1 Å². The van der Waals surface area contributed by atoms with Crippen LogP contribution in [0, 0.1) is 15.5 Å². The van der Waals surface area contributed by atoms with Crippen molar-refractivity contribution in [2.45, 2.75) is 27.2 Å². The van der Waals surface area contributed by atoms with Gasteiger partial charge < -0.3 is 10.5 Å². The molecule has 0 saturated carbocycles. The maximum atomic E-state index is 10.7. The van der Waals surface area contributed by atoms with E-state index in [-0.39, 0.29) is 22.8 Å². The summed E-state index contributed by atoms with van der Waals surface area (Å²) in [7, 11) is 0. The van der Waals surface area contributed by atoms with Gasteiger partial charge in [-0.2, -0.15) is 4.98 Å². The van der Waals surface area contributed by atoms with Crippen molar-refractivity contribution >= 4 is 11.5 Å². The molecule has 0 aromatic carbocycles. The van der Waals surface area contributed by atoms with Gasteiger partial charge in [-0.3, -0.25) is 10.1 Å². The second-order valence-corrected chi connectivity index (χ2v) is 4.98. The number of nitrogens with two attached hydrogens (primary N) is 1. The van der Waals surface area contributed by atoms with Gasteiger partial charge in [-0.15, -0.1) is 0 Å². The van der Waals surface area contributed by atoms with Crippen molar-refractivity contribution in [3.63, 3.8) is 0 Å². The van der Waals surface area contributed by atoms with E-state index in [1.165, 1.54) is 12.1 Å². The third kappa shape index (κ3) is 4.26. The van der Waals surface area contributed by atoms with Crippen molar-refractivity contribution in [1.29, 1.82) is 0 Å². The van der Waals surface area contributed by atoms with Crippen molar-refractivity contribution in [2.75, 3.05) is 12.3 Å². The minimum absolute atomic E-state index is 0.0146. The Balaban J connectivity index is 2.75. The van der Waals surface area contributed by atoms with Crippen molar-refractivity contribution < 1.29 is 9.66 Å². The van der Waals surface area contributed by atoms with Crippen LogP contribution in [0.5, 0.6) is 5.88 Å². The zero-order valence-electron chi connectivity index (χ0n) is 10.3. The van der Waals surface area contributed by atoms with Crippen LogP contribution in [0.4, 0.5) is 11.5 Å². The molecular weight excluding hydrogens is 222 g/mol. The van der Waals surface area contributed by atoms with Gasteiger partial charge in [0.25, 0.3) is 5.88 Å². The third-order valence-corrected chi connectivity index (χ3v) is 2.15. The lowest BCUT2D eigenvalue weighted by Crippen LogP contribution is -2.12. The van der Waals surface area contributed by atoms with Crippen LogP contribution in [-0.4, -0.2) is 16.5 Å². The highest BCUT2D eigenvalue weighted by atomic mass is 16.6. The molecule has 6 nitrogen and oxygen atoms in total. The fourth-order valence-electron chi connectivity index (χ4n) is 1.15. The van der Waals surface area contributed by atoms with Crippen LogP contribution in [0.15, 0.2) is 12.1 Å². The molecule has 0 saturated heterocycles. The van der Waals surface area contributed by atoms with Gasteiger partial charge in [-0.25, -0.2) is 0 Å². The second-order valence-electron chi connectivity index (χ2n) is 4.98. The summed E-state index contributed by atoms with van der Waals surface area (Å²) < 4.78 is 5.32. The molecule has 0 atom stereocenters. The van der Waals surface area contributed by atoms with E-state index in [1.54, 1.807) is 0 Å². The maximum Gasteiger partial charge on any atom is 0.331 e. The first kappa shape index (κ1) is 13.2. The maximum absolute atomic E-state index is 10.7. The molecule has 1 rings (SSSR count). The molecule has 0 radical (unpaired) electrons. The Hall–Kier alpha value is -1.85. The molecule has 0 bridgehead atoms. The number of hydrogen-bond donors (Lipinski definition) is 1. The summed E-state index contributed by atoms with van der Waals surface area (Å²) >= 11 is 0. The van der Waals surface area contributed by atoms with Gasteiger partial charge in [0.1, 0.15) is 5.82 Å². The highest BCUT2D eigenvalue weighted by molar-refractivity contribution is 5.46. The summed E-state index contributed by atoms with van der Waals surface area (Å²) in [5.41, 5.74) is 5.42. The molecule has 1 heterocycles. The van der Waals surface area contributed by atoms with E-state index < -0.39 is 4.92 Å². The SMILES string of the molecule is CC(C)(C)CCOc1nc(N)ccc1[N+](=O)[O-]. The Morgan fingerprint density at radius 2 is 2.12 bits per heavy atom. The first-order valence-corrected chi connectivity index (χ1v) is 5.33. The molecule has 0 aliphatic carbocycles. The van der Waals surface area contributed by atoms with Crippen LogP contribution in [-0.2, 0) is 0 Å². The Labute approximate surface area is 99.9 Å². The van der Waals surface area contributed by atoms with Crippen molar-refractivity contribution in [3.05, 3.63) is 22.2 Å². The number of nitrogens with zero attached hydrogens (tertiary/aromatic N) is 2. The van der Waals surface area contributed by atoms with Crippen LogP contribution in [0.2, 0.25) is 0 Å². The molecular formula is C11H17N3O3. The lowest BCUT2D eigenvalue weighted by Gasteiger charge is -2.17. The van der Waals surface area contributed by atoms with E-state index in [1.807, 2.05) is 0 Å². The van der Waals surface area contributed by atoms with Crippen molar-refractivity contribution in [2.24, 2.45) is 5.41 Å². The predicted molar refractivity (Wildman–Crippen MR) is 64.9 cm³/mol. The smallest absolute Gasteiger partial charge is 0.331 e. The topological polar surface area (TPSA) is 91.3 Å². The molecule has 2 N–H and O–H groups in total. The molecule has 0 unspecified atom stereocenters. The van der Waals surface area contributed by atoms with Gasteiger partial charge in [-0.05, 0) is 17.9 Å². The first-order valence-electron chi connectivity index (χ1n) is 5.33. The summed E-state index contributed by atoms with van der Waals surface area (Å²) in [6.45, 7) is 6.58. The largest absolute Gasteiger partial charge is 0.473 e. The Morgan fingerprint density at radius 3 is 2.65 bits per heavy atom. The van der Waals surface area contributed by atoms with Gasteiger partial charge in [0, 0.05) is 6.07 Å². The van der Waals surface area contributed by atoms with E-state index in [0.717, 1.165) is 6.42 Å². The summed E-state index contributed by atoms with van der Waals surface area (Å²) in [6.07, 6.45) is 0.778. The molecule has 1 aromatic rings. The van der Waals surface area contributed by atoms with E-state index in [2.05, 4.69) is 25.8 Å². The second kappa shape index (κ2) is 4.99. The quantitative estimate of drug-likeness (QED) is 0.643. The normalized spacial score (nSPS) is 11.2. The zero-order chi connectivity index (χ0) is 13.1. The molecule has 0 aliphatic rings. The number of pyridine rings is 1. The molecule has 1 aromatic heterocycles. The summed E-state index contributed by atoms with van der Waals surface area (Å²) in [4.78, 5) is 14.0. The van der Waals surface area contributed by atoms with Gasteiger partial charge >= 0.3 is 5.69 Å². The number of rotatable bonds is 4. The highest BCUT2D eigenvalue weighted by Crippen LogP contribution is 2.26. The fourth-order valence-corrected chi connectivity index (χ4v) is 1.15. The number of hydrogen-bond acceptors (Lipinski definition) is 5. The molecule has 0 fully saturated rings. The Morgan fingerprint density at radius 1 is 1.47 bits per heavy atom. The molecule has 94 valence electrons. The molecule has 0 spiro atoms. The average Bonchev–Trinajstić information content (AvgIpc) is 2.15. The van der Waals surface area contributed by atoms with E-state index in [0.29, 0.717) is 6.61 Å². The molecule has 0 aliphatic heterocycles.